The molecule has 0 atom stereocenters. The van der Waals surface area contributed by atoms with Crippen LogP contribution in [0.15, 0.2) is 119 Å². The monoisotopic (exact) mass is 546 g/mol. The lowest BCUT2D eigenvalue weighted by molar-refractivity contribution is -0.121. The third kappa shape index (κ3) is 5.81. The number of carbonyl (C=O) groups excluding carboxylic acids is 1. The molecule has 0 radical (unpaired) electrons. The van der Waals surface area contributed by atoms with Crippen molar-refractivity contribution in [3.8, 4) is 28.4 Å². The van der Waals surface area contributed by atoms with Crippen molar-refractivity contribution in [2.75, 3.05) is 14.2 Å². The van der Waals surface area contributed by atoms with E-state index in [2.05, 4.69) is 15.6 Å². The Morgan fingerprint density at radius 2 is 1.29 bits per heavy atom. The van der Waals surface area contributed by atoms with E-state index in [1.165, 1.54) is 4.68 Å². The van der Waals surface area contributed by atoms with Gasteiger partial charge in [-0.05, 0) is 66.6 Å². The molecule has 8 nitrogen and oxygen atoms in total. The number of H-pyrrole nitrogens is 1. The van der Waals surface area contributed by atoms with Gasteiger partial charge in [0, 0.05) is 5.56 Å². The summed E-state index contributed by atoms with van der Waals surface area (Å²) in [5.41, 5.74) is 6.73. The minimum absolute atomic E-state index is 0.306. The Kier molecular flexibility index (Phi) is 8.10. The van der Waals surface area contributed by atoms with Gasteiger partial charge in [0.15, 0.2) is 0 Å². The second kappa shape index (κ2) is 12.2. The maximum atomic E-state index is 13.8. The molecule has 0 unspecified atom stereocenters. The molecule has 2 N–H and O–H groups in total. The first-order valence-corrected chi connectivity index (χ1v) is 13.1. The number of aromatic nitrogens is 2. The zero-order valence-corrected chi connectivity index (χ0v) is 23.0. The summed E-state index contributed by atoms with van der Waals surface area (Å²) >= 11 is 0. The number of benzene rings is 4. The van der Waals surface area contributed by atoms with Crippen LogP contribution >= 0.6 is 0 Å². The number of nitrogens with zero attached hydrogens (tertiary/aromatic N) is 2. The van der Waals surface area contributed by atoms with Gasteiger partial charge in [-0.2, -0.15) is 5.10 Å². The topological polar surface area (TPSA) is 97.7 Å². The lowest BCUT2D eigenvalue weighted by Gasteiger charge is -2.16. The third-order valence-corrected chi connectivity index (χ3v) is 6.82. The van der Waals surface area contributed by atoms with Crippen molar-refractivity contribution in [2.24, 2.45) is 5.10 Å². The van der Waals surface area contributed by atoms with Crippen molar-refractivity contribution in [3.05, 3.63) is 136 Å². The summed E-state index contributed by atoms with van der Waals surface area (Å²) in [6.45, 7) is 1.70. The van der Waals surface area contributed by atoms with Crippen LogP contribution in [0.5, 0.6) is 11.5 Å². The lowest BCUT2D eigenvalue weighted by Crippen LogP contribution is -2.28. The highest BCUT2D eigenvalue weighted by atomic mass is 16.5. The van der Waals surface area contributed by atoms with E-state index < -0.39 is 5.92 Å². The Hall–Kier alpha value is -5.37. The van der Waals surface area contributed by atoms with Crippen LogP contribution in [0.1, 0.15) is 29.5 Å². The van der Waals surface area contributed by atoms with Gasteiger partial charge in [-0.15, -0.1) is 0 Å². The molecule has 4 aromatic carbocycles. The Morgan fingerprint density at radius 3 is 1.80 bits per heavy atom. The molecule has 0 spiro atoms. The smallest absolute Gasteiger partial charge is 0.281 e. The number of hydrogen-bond acceptors (Lipinski definition) is 5. The van der Waals surface area contributed by atoms with E-state index in [1.54, 1.807) is 45.4 Å². The summed E-state index contributed by atoms with van der Waals surface area (Å²) in [5.74, 6) is 0.490. The summed E-state index contributed by atoms with van der Waals surface area (Å²) in [7, 11) is 3.18. The van der Waals surface area contributed by atoms with Crippen LogP contribution in [0.25, 0.3) is 16.9 Å². The number of methoxy groups -OCH3 is 2. The summed E-state index contributed by atoms with van der Waals surface area (Å²) in [4.78, 5) is 27.3. The predicted octanol–water partition coefficient (Wildman–Crippen LogP) is 5.52. The Labute approximate surface area is 237 Å². The van der Waals surface area contributed by atoms with Crippen LogP contribution in [-0.4, -0.2) is 35.6 Å². The second-order valence-electron chi connectivity index (χ2n) is 9.36. The van der Waals surface area contributed by atoms with Crippen LogP contribution in [0.2, 0.25) is 0 Å². The van der Waals surface area contributed by atoms with Gasteiger partial charge in [-0.25, -0.2) is 10.1 Å². The van der Waals surface area contributed by atoms with Crippen molar-refractivity contribution < 1.29 is 14.3 Å². The zero-order valence-electron chi connectivity index (χ0n) is 23.0. The molecule has 206 valence electrons. The average Bonchev–Trinajstić information content (AvgIpc) is 3.38. The number of nitrogens with one attached hydrogen (secondary N) is 2. The molecular weight excluding hydrogens is 516 g/mol. The lowest BCUT2D eigenvalue weighted by atomic mass is 9.91. The number of amides is 1. The Balaban J connectivity index is 1.54. The normalized spacial score (nSPS) is 11.4. The first-order valence-electron chi connectivity index (χ1n) is 13.1. The summed E-state index contributed by atoms with van der Waals surface area (Å²) < 4.78 is 12.0. The van der Waals surface area contributed by atoms with Gasteiger partial charge in [0.1, 0.15) is 11.5 Å². The Morgan fingerprint density at radius 1 is 0.780 bits per heavy atom. The van der Waals surface area contributed by atoms with Gasteiger partial charge in [0.25, 0.3) is 11.5 Å². The molecule has 5 rings (SSSR count). The summed E-state index contributed by atoms with van der Waals surface area (Å²) in [6.07, 6.45) is 0. The highest BCUT2D eigenvalue weighted by Gasteiger charge is 2.24. The Bertz CT molecular complexity index is 1670. The van der Waals surface area contributed by atoms with Gasteiger partial charge in [0.05, 0.1) is 42.8 Å². The first kappa shape index (κ1) is 27.2. The SMILES string of the molecule is COc1ccc(-c2[nH]n(-c3ccc(OC)cc3)c(=O)c2/C(C)=N/NC(=O)C(c2ccccc2)c2ccccc2)cc1. The van der Waals surface area contributed by atoms with Crippen molar-refractivity contribution in [2.45, 2.75) is 12.8 Å². The predicted molar refractivity (Wildman–Crippen MR) is 160 cm³/mol. The molecule has 8 heteroatoms. The van der Waals surface area contributed by atoms with Crippen molar-refractivity contribution >= 4 is 11.6 Å². The molecule has 0 saturated carbocycles. The van der Waals surface area contributed by atoms with Crippen LogP contribution < -0.4 is 20.5 Å². The molecule has 1 amide bonds. The van der Waals surface area contributed by atoms with Crippen LogP contribution in [0.3, 0.4) is 0 Å². The molecule has 0 aliphatic heterocycles. The quantitative estimate of drug-likeness (QED) is 0.188. The molecule has 5 aromatic rings. The highest BCUT2D eigenvalue weighted by Crippen LogP contribution is 2.26. The van der Waals surface area contributed by atoms with Gasteiger partial charge >= 0.3 is 0 Å². The molecule has 0 bridgehead atoms. The number of rotatable bonds is 9. The van der Waals surface area contributed by atoms with E-state index in [4.69, 9.17) is 9.47 Å². The van der Waals surface area contributed by atoms with E-state index in [1.807, 2.05) is 84.9 Å². The van der Waals surface area contributed by atoms with Crippen LogP contribution in [0, 0.1) is 0 Å². The van der Waals surface area contributed by atoms with Crippen LogP contribution in [0.4, 0.5) is 0 Å². The third-order valence-electron chi connectivity index (χ3n) is 6.82. The standard InChI is InChI=1S/C33H30N4O4/c1-22(34-35-32(38)30(23-10-6-4-7-11-23)24-12-8-5-9-13-24)29-31(25-14-18-27(40-2)19-15-25)36-37(33(29)39)26-16-20-28(41-3)21-17-26/h4-21,30,36H,1-3H3,(H,35,38)/b34-22+. The number of ether oxygens (including phenoxy) is 2. The van der Waals surface area contributed by atoms with Gasteiger partial charge < -0.3 is 9.47 Å². The van der Waals surface area contributed by atoms with E-state index in [0.717, 1.165) is 16.7 Å². The van der Waals surface area contributed by atoms with Crippen molar-refractivity contribution in [1.29, 1.82) is 0 Å². The number of hydrazone groups is 1. The number of aromatic amines is 1. The molecular formula is C33H30N4O4. The minimum atomic E-state index is -0.572. The van der Waals surface area contributed by atoms with Crippen molar-refractivity contribution in [1.82, 2.24) is 15.2 Å². The van der Waals surface area contributed by atoms with Gasteiger partial charge in [-0.1, -0.05) is 60.7 Å². The molecule has 0 saturated heterocycles. The maximum Gasteiger partial charge on any atom is 0.281 e. The fourth-order valence-corrected chi connectivity index (χ4v) is 4.70. The molecule has 41 heavy (non-hydrogen) atoms. The molecule has 0 aliphatic carbocycles. The number of carbonyl (C=O) groups is 1. The van der Waals surface area contributed by atoms with E-state index in [0.29, 0.717) is 34.2 Å². The molecule has 0 aliphatic rings. The minimum Gasteiger partial charge on any atom is -0.497 e. The van der Waals surface area contributed by atoms with Gasteiger partial charge in [0.2, 0.25) is 0 Å². The molecule has 1 aromatic heterocycles. The van der Waals surface area contributed by atoms with E-state index >= 15 is 0 Å². The van der Waals surface area contributed by atoms with E-state index in [9.17, 15) is 9.59 Å². The fraction of sp³-hybridized carbons (Fsp3) is 0.121. The average molecular weight is 547 g/mol. The first-order chi connectivity index (χ1) is 20.0. The number of hydrogen-bond donors (Lipinski definition) is 2. The fourth-order valence-electron chi connectivity index (χ4n) is 4.70. The largest absolute Gasteiger partial charge is 0.497 e. The highest BCUT2D eigenvalue weighted by molar-refractivity contribution is 6.04. The second-order valence-corrected chi connectivity index (χ2v) is 9.36. The molecule has 1 heterocycles. The zero-order chi connectivity index (χ0) is 28.8. The van der Waals surface area contributed by atoms with Crippen LogP contribution in [-0.2, 0) is 4.79 Å². The summed E-state index contributed by atoms with van der Waals surface area (Å²) in [5, 5.41) is 7.65. The maximum absolute atomic E-state index is 13.8. The van der Waals surface area contributed by atoms with E-state index in [-0.39, 0.29) is 11.5 Å². The van der Waals surface area contributed by atoms with Gasteiger partial charge in [-0.3, -0.25) is 14.7 Å². The molecule has 0 fully saturated rings. The van der Waals surface area contributed by atoms with Crippen molar-refractivity contribution in [3.63, 3.8) is 0 Å². The summed E-state index contributed by atoms with van der Waals surface area (Å²) in [6, 6.07) is 33.6.